The molecule has 1 aliphatic rings. The van der Waals surface area contributed by atoms with Gasteiger partial charge in [-0.15, -0.1) is 0 Å². The van der Waals surface area contributed by atoms with Crippen molar-refractivity contribution in [3.8, 4) is 0 Å². The SMILES string of the molecule is CCc1cc(F)cc2c(=O)n(N)c(=O)n(C3CC3)c12. The Morgan fingerprint density at radius 3 is 2.63 bits per heavy atom. The van der Waals surface area contributed by atoms with Crippen LogP contribution in [0.5, 0.6) is 0 Å². The summed E-state index contributed by atoms with van der Waals surface area (Å²) in [4.78, 5) is 24.2. The first-order valence-corrected chi connectivity index (χ1v) is 6.29. The maximum absolute atomic E-state index is 13.6. The number of nitrogen functional groups attached to an aromatic ring is 1. The summed E-state index contributed by atoms with van der Waals surface area (Å²) in [6.45, 7) is 1.86. The molecular formula is C13H14FN3O2. The normalized spacial score (nSPS) is 15.1. The minimum Gasteiger partial charge on any atom is -0.332 e. The highest BCUT2D eigenvalue weighted by atomic mass is 19.1. The number of benzene rings is 1. The minimum absolute atomic E-state index is 0.0705. The van der Waals surface area contributed by atoms with Crippen molar-refractivity contribution in [2.75, 3.05) is 5.84 Å². The van der Waals surface area contributed by atoms with E-state index in [2.05, 4.69) is 0 Å². The molecule has 100 valence electrons. The Labute approximate surface area is 108 Å². The number of rotatable bonds is 2. The number of aryl methyl sites for hydroxylation is 1. The van der Waals surface area contributed by atoms with Crippen molar-refractivity contribution in [3.05, 3.63) is 44.4 Å². The largest absolute Gasteiger partial charge is 0.350 e. The van der Waals surface area contributed by atoms with Gasteiger partial charge >= 0.3 is 5.69 Å². The van der Waals surface area contributed by atoms with Gasteiger partial charge in [0, 0.05) is 6.04 Å². The fourth-order valence-corrected chi connectivity index (χ4v) is 2.47. The first kappa shape index (κ1) is 12.0. The summed E-state index contributed by atoms with van der Waals surface area (Å²) in [5, 5.41) is 0.172. The maximum atomic E-state index is 13.6. The molecule has 0 atom stereocenters. The fourth-order valence-electron chi connectivity index (χ4n) is 2.47. The Morgan fingerprint density at radius 2 is 2.05 bits per heavy atom. The average Bonchev–Trinajstić information content (AvgIpc) is 3.21. The van der Waals surface area contributed by atoms with Gasteiger partial charge in [-0.05, 0) is 37.0 Å². The van der Waals surface area contributed by atoms with Gasteiger partial charge in [-0.2, -0.15) is 4.68 Å². The molecule has 0 saturated heterocycles. The molecule has 1 heterocycles. The molecule has 2 N–H and O–H groups in total. The van der Waals surface area contributed by atoms with E-state index in [4.69, 9.17) is 5.84 Å². The van der Waals surface area contributed by atoms with Crippen LogP contribution in [0.4, 0.5) is 4.39 Å². The van der Waals surface area contributed by atoms with Crippen molar-refractivity contribution in [3.63, 3.8) is 0 Å². The van der Waals surface area contributed by atoms with Gasteiger partial charge in [0.2, 0.25) is 0 Å². The van der Waals surface area contributed by atoms with Crippen LogP contribution in [0.3, 0.4) is 0 Å². The van der Waals surface area contributed by atoms with E-state index in [0.717, 1.165) is 18.9 Å². The van der Waals surface area contributed by atoms with Crippen molar-refractivity contribution in [1.82, 2.24) is 9.24 Å². The molecule has 0 amide bonds. The predicted octanol–water partition coefficient (Wildman–Crippen LogP) is 0.913. The predicted molar refractivity (Wildman–Crippen MR) is 70.2 cm³/mol. The molecule has 19 heavy (non-hydrogen) atoms. The van der Waals surface area contributed by atoms with Gasteiger partial charge < -0.3 is 5.84 Å². The molecule has 1 fully saturated rings. The smallest absolute Gasteiger partial charge is 0.332 e. The molecule has 0 unspecified atom stereocenters. The summed E-state index contributed by atoms with van der Waals surface area (Å²) in [7, 11) is 0. The molecule has 1 aromatic carbocycles. The van der Waals surface area contributed by atoms with Gasteiger partial charge in [0.05, 0.1) is 10.9 Å². The van der Waals surface area contributed by atoms with E-state index in [1.165, 1.54) is 10.6 Å². The van der Waals surface area contributed by atoms with Crippen molar-refractivity contribution in [2.45, 2.75) is 32.2 Å². The highest BCUT2D eigenvalue weighted by Gasteiger charge is 2.29. The molecule has 0 spiro atoms. The standard InChI is InChI=1S/C13H14FN3O2/c1-2-7-5-8(14)6-10-11(7)16(9-3-4-9)13(19)17(15)12(10)18/h5-6,9H,2-4,15H2,1H3. The van der Waals surface area contributed by atoms with Crippen LogP contribution in [0.15, 0.2) is 21.7 Å². The lowest BCUT2D eigenvalue weighted by Crippen LogP contribution is -2.44. The van der Waals surface area contributed by atoms with Crippen LogP contribution < -0.4 is 17.1 Å². The lowest BCUT2D eigenvalue weighted by molar-refractivity contribution is 0.622. The number of nitrogens with zero attached hydrogens (tertiary/aromatic N) is 2. The number of aromatic nitrogens is 2. The number of halogens is 1. The lowest BCUT2D eigenvalue weighted by Gasteiger charge is -2.14. The molecule has 0 aliphatic heterocycles. The van der Waals surface area contributed by atoms with Crippen molar-refractivity contribution in [2.24, 2.45) is 0 Å². The zero-order chi connectivity index (χ0) is 13.7. The summed E-state index contributed by atoms with van der Waals surface area (Å²) in [6.07, 6.45) is 2.32. The van der Waals surface area contributed by atoms with E-state index >= 15 is 0 Å². The fraction of sp³-hybridized carbons (Fsp3) is 0.385. The summed E-state index contributed by atoms with van der Waals surface area (Å²) >= 11 is 0. The molecular weight excluding hydrogens is 249 g/mol. The molecule has 1 saturated carbocycles. The Balaban J connectivity index is 2.58. The number of hydrogen-bond donors (Lipinski definition) is 1. The minimum atomic E-state index is -0.647. The molecule has 5 nitrogen and oxygen atoms in total. The van der Waals surface area contributed by atoms with E-state index in [-0.39, 0.29) is 11.4 Å². The Morgan fingerprint density at radius 1 is 1.37 bits per heavy atom. The van der Waals surface area contributed by atoms with E-state index in [1.54, 1.807) is 0 Å². The average molecular weight is 263 g/mol. The number of hydrogen-bond acceptors (Lipinski definition) is 3. The molecule has 2 aromatic rings. The molecule has 1 aliphatic carbocycles. The second-order valence-corrected chi connectivity index (χ2v) is 4.87. The van der Waals surface area contributed by atoms with E-state index in [9.17, 15) is 14.0 Å². The summed E-state index contributed by atoms with van der Waals surface area (Å²) < 4.78 is 15.7. The quantitative estimate of drug-likeness (QED) is 0.819. The first-order valence-electron chi connectivity index (χ1n) is 6.29. The highest BCUT2D eigenvalue weighted by Crippen LogP contribution is 2.36. The third kappa shape index (κ3) is 1.67. The van der Waals surface area contributed by atoms with E-state index in [1.807, 2.05) is 6.92 Å². The Bertz CT molecular complexity index is 787. The lowest BCUT2D eigenvalue weighted by atomic mass is 10.1. The van der Waals surface area contributed by atoms with Crippen LogP contribution in [0.2, 0.25) is 0 Å². The molecule has 3 rings (SSSR count). The second kappa shape index (κ2) is 3.94. The molecule has 0 radical (unpaired) electrons. The molecule has 0 bridgehead atoms. The van der Waals surface area contributed by atoms with E-state index < -0.39 is 17.1 Å². The van der Waals surface area contributed by atoms with Crippen molar-refractivity contribution in [1.29, 1.82) is 0 Å². The van der Waals surface area contributed by atoms with Crippen molar-refractivity contribution < 1.29 is 4.39 Å². The third-order valence-corrected chi connectivity index (χ3v) is 3.55. The number of nitrogens with two attached hydrogens (primary N) is 1. The zero-order valence-electron chi connectivity index (χ0n) is 10.5. The Kier molecular flexibility index (Phi) is 2.48. The van der Waals surface area contributed by atoms with Crippen LogP contribution in [-0.4, -0.2) is 9.24 Å². The van der Waals surface area contributed by atoms with Gasteiger partial charge in [-0.1, -0.05) is 6.92 Å². The highest BCUT2D eigenvalue weighted by molar-refractivity contribution is 5.82. The zero-order valence-corrected chi connectivity index (χ0v) is 10.5. The maximum Gasteiger partial charge on any atom is 0.350 e. The van der Waals surface area contributed by atoms with Crippen molar-refractivity contribution >= 4 is 10.9 Å². The van der Waals surface area contributed by atoms with Gasteiger partial charge in [0.25, 0.3) is 5.56 Å². The van der Waals surface area contributed by atoms with Crippen LogP contribution >= 0.6 is 0 Å². The van der Waals surface area contributed by atoms with Crippen LogP contribution in [0, 0.1) is 5.82 Å². The third-order valence-electron chi connectivity index (χ3n) is 3.55. The van der Waals surface area contributed by atoms with Crippen LogP contribution in [-0.2, 0) is 6.42 Å². The van der Waals surface area contributed by atoms with Gasteiger partial charge in [-0.25, -0.2) is 9.18 Å². The first-order chi connectivity index (χ1) is 9.04. The summed E-state index contributed by atoms with van der Waals surface area (Å²) in [5.74, 6) is 5.02. The Hall–Kier alpha value is -2.11. The summed E-state index contributed by atoms with van der Waals surface area (Å²) in [6, 6.07) is 2.60. The van der Waals surface area contributed by atoms with Gasteiger partial charge in [0.15, 0.2) is 0 Å². The van der Waals surface area contributed by atoms with Gasteiger partial charge in [0.1, 0.15) is 5.82 Å². The molecule has 1 aromatic heterocycles. The van der Waals surface area contributed by atoms with Crippen LogP contribution in [0.25, 0.3) is 10.9 Å². The van der Waals surface area contributed by atoms with Gasteiger partial charge in [-0.3, -0.25) is 9.36 Å². The van der Waals surface area contributed by atoms with E-state index in [0.29, 0.717) is 22.2 Å². The summed E-state index contributed by atoms with van der Waals surface area (Å²) in [5.41, 5.74) is 0.0206. The number of fused-ring (bicyclic) bond motifs is 1. The monoisotopic (exact) mass is 263 g/mol. The molecule has 6 heteroatoms. The van der Waals surface area contributed by atoms with Crippen LogP contribution in [0.1, 0.15) is 31.4 Å². The topological polar surface area (TPSA) is 70.0 Å². The second-order valence-electron chi connectivity index (χ2n) is 4.87.